The van der Waals surface area contributed by atoms with Crippen LogP contribution in [0.15, 0.2) is 39.6 Å². The molecule has 24 heteroatoms. The van der Waals surface area contributed by atoms with E-state index in [-0.39, 0.29) is 48.7 Å². The van der Waals surface area contributed by atoms with Gasteiger partial charge in [-0.1, -0.05) is 29.3 Å². The summed E-state index contributed by atoms with van der Waals surface area (Å²) in [6.45, 7) is -0.379. The normalized spacial score (nSPS) is 12.6. The van der Waals surface area contributed by atoms with Gasteiger partial charge in [-0.25, -0.2) is 20.2 Å². The minimum Gasteiger partial charge on any atom is -0.353 e. The maximum atomic E-state index is 11.7. The number of aromatic nitrogens is 6. The van der Waals surface area contributed by atoms with Gasteiger partial charge < -0.3 is 5.32 Å². The lowest BCUT2D eigenvalue weighted by Gasteiger charge is -2.09. The number of rotatable bonds is 15. The number of nitrogens with one attached hydrogen (secondary N) is 1. The summed E-state index contributed by atoms with van der Waals surface area (Å²) in [6.07, 6.45) is 1.03. The molecule has 0 aliphatic rings. The van der Waals surface area contributed by atoms with Crippen LogP contribution >= 0.6 is 12.0 Å². The van der Waals surface area contributed by atoms with Crippen LogP contribution in [0.5, 0.6) is 0 Å². The Balaban J connectivity index is 1.86. The molecule has 228 valence electrons. The highest BCUT2D eigenvalue weighted by atomic mass is 32.2. The molecule has 0 saturated heterocycles. The summed E-state index contributed by atoms with van der Waals surface area (Å²) in [5, 5.41) is 12.0. The van der Waals surface area contributed by atoms with Crippen molar-refractivity contribution in [3.8, 4) is 0 Å². The summed E-state index contributed by atoms with van der Waals surface area (Å²) >= 11 is 0.639. The number of nitrogens with zero attached hydrogens (tertiary/aromatic N) is 7. The van der Waals surface area contributed by atoms with Crippen LogP contribution in [-0.2, 0) is 52.6 Å². The maximum Gasteiger partial charge on any atom is 0.330 e. The van der Waals surface area contributed by atoms with Gasteiger partial charge in [-0.3, -0.25) is 13.7 Å². The summed E-state index contributed by atoms with van der Waals surface area (Å²) < 4.78 is 100. The topological polar surface area (TPSA) is 304 Å². The standard InChI is InChI=1S/C18H20N8O12S4/c27-37-38-39-6-4-19-15-21-13(23-17(25-15)41(31,32)33)9-11-2-1-3-12(8-11)10-14-22-16(20-5-7-40(28,29)30)26-18(24-14)42(34,35)36/h1-4,8,27H,5-7,9-10H2,(H,28,29,30)(H,31,32,33)(H,34,35,36)(H,20,22,24,26). The van der Waals surface area contributed by atoms with Gasteiger partial charge >= 0.3 is 20.2 Å². The molecule has 0 atom stereocenters. The first kappa shape index (κ1) is 33.2. The van der Waals surface area contributed by atoms with Gasteiger partial charge in [0.25, 0.3) is 26.4 Å². The third kappa shape index (κ3) is 11.2. The smallest absolute Gasteiger partial charge is 0.330 e. The number of anilines is 1. The highest BCUT2D eigenvalue weighted by Gasteiger charge is 2.20. The van der Waals surface area contributed by atoms with Crippen LogP contribution in [0.25, 0.3) is 0 Å². The minimum atomic E-state index is -4.87. The molecular formula is C18H20N8O12S4. The van der Waals surface area contributed by atoms with Gasteiger partial charge in [0.05, 0.1) is 11.5 Å². The molecule has 0 saturated carbocycles. The Hall–Kier alpha value is -3.33. The molecule has 0 aliphatic carbocycles. The van der Waals surface area contributed by atoms with E-state index in [1.54, 1.807) is 24.3 Å². The van der Waals surface area contributed by atoms with E-state index in [0.717, 1.165) is 0 Å². The Morgan fingerprint density at radius 1 is 0.857 bits per heavy atom. The van der Waals surface area contributed by atoms with Crippen molar-refractivity contribution in [3.63, 3.8) is 0 Å². The van der Waals surface area contributed by atoms with Crippen LogP contribution in [0.4, 0.5) is 11.9 Å². The molecule has 3 aromatic rings. The number of hydrogen-bond acceptors (Lipinski definition) is 18. The summed E-state index contributed by atoms with van der Waals surface area (Å²) in [5.74, 6) is -1.65. The molecule has 0 bridgehead atoms. The van der Waals surface area contributed by atoms with Crippen molar-refractivity contribution in [1.29, 1.82) is 0 Å². The molecular weight excluding hydrogens is 649 g/mol. The summed E-state index contributed by atoms with van der Waals surface area (Å²) in [7, 11) is -14.0. The molecule has 20 nitrogen and oxygen atoms in total. The second kappa shape index (κ2) is 14.2. The highest BCUT2D eigenvalue weighted by molar-refractivity contribution is 7.95. The van der Waals surface area contributed by atoms with Crippen molar-refractivity contribution in [2.75, 3.05) is 23.4 Å². The van der Waals surface area contributed by atoms with Crippen molar-refractivity contribution >= 4 is 60.5 Å². The molecule has 42 heavy (non-hydrogen) atoms. The quantitative estimate of drug-likeness (QED) is 0.0349. The van der Waals surface area contributed by atoms with E-state index in [1.807, 2.05) is 0 Å². The van der Waals surface area contributed by atoms with Crippen LogP contribution in [0.3, 0.4) is 0 Å². The first-order valence-electron chi connectivity index (χ1n) is 11.0. The Morgan fingerprint density at radius 3 is 2.02 bits per heavy atom. The van der Waals surface area contributed by atoms with Crippen LogP contribution in [-0.4, -0.2) is 98.3 Å². The SMILES string of the molecule is O=S(=O)(O)CCNc1nc(Cc2cccc(Cc3nc(N=CCSOOO)nc(S(=O)(=O)O)n3)c2)nc(S(=O)(=O)O)n1. The van der Waals surface area contributed by atoms with E-state index in [2.05, 4.69) is 49.6 Å². The average Bonchev–Trinajstić information content (AvgIpc) is 2.87. The molecule has 5 N–H and O–H groups in total. The van der Waals surface area contributed by atoms with Crippen molar-refractivity contribution in [3.05, 3.63) is 47.0 Å². The van der Waals surface area contributed by atoms with Gasteiger partial charge in [0.1, 0.15) is 11.6 Å². The van der Waals surface area contributed by atoms with Crippen molar-refractivity contribution in [2.45, 2.75) is 23.2 Å². The fourth-order valence-corrected chi connectivity index (χ4v) is 4.45. The number of benzene rings is 1. The summed E-state index contributed by atoms with van der Waals surface area (Å²) in [4.78, 5) is 26.5. The molecule has 0 spiro atoms. The molecule has 0 radical (unpaired) electrons. The Bertz CT molecular complexity index is 1770. The lowest BCUT2D eigenvalue weighted by atomic mass is 10.1. The Kier molecular flexibility index (Phi) is 11.2. The third-order valence-electron chi connectivity index (χ3n) is 4.56. The van der Waals surface area contributed by atoms with Crippen LogP contribution in [0, 0.1) is 0 Å². The second-order valence-electron chi connectivity index (χ2n) is 7.77. The Labute approximate surface area is 242 Å². The van der Waals surface area contributed by atoms with Crippen LogP contribution in [0.2, 0.25) is 0 Å². The molecule has 0 amide bonds. The largest absolute Gasteiger partial charge is 0.353 e. The zero-order valence-corrected chi connectivity index (χ0v) is 24.0. The predicted molar refractivity (Wildman–Crippen MR) is 142 cm³/mol. The lowest BCUT2D eigenvalue weighted by molar-refractivity contribution is -0.432. The third-order valence-corrected chi connectivity index (χ3v) is 7.01. The van der Waals surface area contributed by atoms with E-state index in [1.165, 1.54) is 6.21 Å². The molecule has 0 unspecified atom stereocenters. The molecule has 3 rings (SSSR count). The minimum absolute atomic E-state index is 0.0406. The summed E-state index contributed by atoms with van der Waals surface area (Å²) in [5.41, 5.74) is 1.03. The van der Waals surface area contributed by atoms with Gasteiger partial charge in [0.15, 0.2) is 0 Å². The predicted octanol–water partition coefficient (Wildman–Crippen LogP) is -0.197. The number of hydrogen-bond donors (Lipinski definition) is 5. The summed E-state index contributed by atoms with van der Waals surface area (Å²) in [6, 6.07) is 6.45. The van der Waals surface area contributed by atoms with Gasteiger partial charge in [0.2, 0.25) is 5.95 Å². The average molecular weight is 669 g/mol. The molecule has 2 aromatic heterocycles. The number of aliphatic imine (C=N–C) groups is 1. The van der Waals surface area contributed by atoms with Crippen LogP contribution < -0.4 is 5.32 Å². The zero-order chi connectivity index (χ0) is 31.0. The first-order chi connectivity index (χ1) is 19.6. The van der Waals surface area contributed by atoms with Crippen molar-refractivity contribution in [1.82, 2.24) is 29.9 Å². The van der Waals surface area contributed by atoms with E-state index in [4.69, 9.17) is 9.81 Å². The van der Waals surface area contributed by atoms with E-state index >= 15 is 0 Å². The molecule has 1 aromatic carbocycles. The highest BCUT2D eigenvalue weighted by Crippen LogP contribution is 2.16. The van der Waals surface area contributed by atoms with Crippen LogP contribution in [0.1, 0.15) is 22.8 Å². The van der Waals surface area contributed by atoms with E-state index in [0.29, 0.717) is 23.2 Å². The van der Waals surface area contributed by atoms with Crippen molar-refractivity contribution in [2.24, 2.45) is 4.99 Å². The van der Waals surface area contributed by atoms with Gasteiger partial charge in [-0.15, -0.1) is 4.33 Å². The fraction of sp³-hybridized carbons (Fsp3) is 0.278. The monoisotopic (exact) mass is 668 g/mol. The fourth-order valence-electron chi connectivity index (χ4n) is 3.02. The van der Waals surface area contributed by atoms with Gasteiger partial charge in [-0.05, 0) is 11.1 Å². The zero-order valence-electron chi connectivity index (χ0n) is 20.7. The molecule has 0 aliphatic heterocycles. The first-order valence-corrected chi connectivity index (χ1v) is 16.4. The molecule has 0 fully saturated rings. The van der Waals surface area contributed by atoms with Crippen molar-refractivity contribution < 1.29 is 53.5 Å². The Morgan fingerprint density at radius 2 is 1.45 bits per heavy atom. The maximum absolute atomic E-state index is 11.7. The lowest BCUT2D eigenvalue weighted by Crippen LogP contribution is -2.18. The van der Waals surface area contributed by atoms with E-state index < -0.39 is 46.4 Å². The van der Waals surface area contributed by atoms with Gasteiger partial charge in [0, 0.05) is 37.6 Å². The van der Waals surface area contributed by atoms with Gasteiger partial charge in [-0.2, -0.15) is 45.2 Å². The second-order valence-corrected chi connectivity index (χ2v) is 12.7. The van der Waals surface area contributed by atoms with E-state index in [9.17, 15) is 34.4 Å². The molecule has 2 heterocycles.